The van der Waals surface area contributed by atoms with E-state index in [-0.39, 0.29) is 18.4 Å². The number of nitrogens with one attached hydrogen (secondary N) is 1. The van der Waals surface area contributed by atoms with Crippen molar-refractivity contribution in [1.29, 1.82) is 0 Å². The standard InChI is InChI=1S/C14H16N4O3/c1-9-7-12(17-21-9)16-13(19)8-18(2)14(20)10-3-5-11(15)6-4-10/h3-7H,8,15H2,1-2H3,(H,16,17,19). The lowest BCUT2D eigenvalue weighted by Crippen LogP contribution is -2.35. The van der Waals surface area contributed by atoms with E-state index >= 15 is 0 Å². The molecule has 0 aliphatic rings. The fourth-order valence-corrected chi connectivity index (χ4v) is 1.74. The second-order valence-electron chi connectivity index (χ2n) is 4.65. The van der Waals surface area contributed by atoms with E-state index < -0.39 is 0 Å². The molecule has 2 aromatic rings. The van der Waals surface area contributed by atoms with E-state index in [0.717, 1.165) is 0 Å². The highest BCUT2D eigenvalue weighted by Gasteiger charge is 2.15. The lowest BCUT2D eigenvalue weighted by molar-refractivity contribution is -0.116. The van der Waals surface area contributed by atoms with E-state index in [9.17, 15) is 9.59 Å². The molecule has 1 aromatic heterocycles. The lowest BCUT2D eigenvalue weighted by Gasteiger charge is -2.16. The monoisotopic (exact) mass is 288 g/mol. The highest BCUT2D eigenvalue weighted by molar-refractivity contribution is 5.99. The Bertz CT molecular complexity index is 648. The zero-order valence-corrected chi connectivity index (χ0v) is 11.8. The molecule has 0 saturated carbocycles. The molecular weight excluding hydrogens is 272 g/mol. The molecule has 0 aliphatic heterocycles. The van der Waals surface area contributed by atoms with Gasteiger partial charge in [0.2, 0.25) is 5.91 Å². The van der Waals surface area contributed by atoms with Gasteiger partial charge in [0, 0.05) is 24.4 Å². The molecule has 2 amide bonds. The molecule has 0 spiro atoms. The molecule has 0 aliphatic carbocycles. The average molecular weight is 288 g/mol. The number of carbonyl (C=O) groups is 2. The highest BCUT2D eigenvalue weighted by atomic mass is 16.5. The van der Waals surface area contributed by atoms with Gasteiger partial charge in [-0.25, -0.2) is 0 Å². The van der Waals surface area contributed by atoms with Gasteiger partial charge >= 0.3 is 0 Å². The molecule has 0 radical (unpaired) electrons. The summed E-state index contributed by atoms with van der Waals surface area (Å²) in [4.78, 5) is 25.2. The third kappa shape index (κ3) is 3.82. The predicted octanol–water partition coefficient (Wildman–Crippen LogP) is 1.28. The van der Waals surface area contributed by atoms with Crippen molar-refractivity contribution in [2.24, 2.45) is 0 Å². The van der Waals surface area contributed by atoms with Crippen LogP contribution in [0.25, 0.3) is 0 Å². The molecule has 7 nitrogen and oxygen atoms in total. The largest absolute Gasteiger partial charge is 0.399 e. The van der Waals surface area contributed by atoms with Crippen LogP contribution in [0.1, 0.15) is 16.1 Å². The zero-order valence-electron chi connectivity index (χ0n) is 11.8. The molecule has 0 saturated heterocycles. The van der Waals surface area contributed by atoms with Gasteiger partial charge in [-0.1, -0.05) is 5.16 Å². The minimum absolute atomic E-state index is 0.0882. The second-order valence-corrected chi connectivity index (χ2v) is 4.65. The summed E-state index contributed by atoms with van der Waals surface area (Å²) in [5.41, 5.74) is 6.61. The molecule has 3 N–H and O–H groups in total. The number of aryl methyl sites for hydroxylation is 1. The first-order valence-corrected chi connectivity index (χ1v) is 6.30. The minimum Gasteiger partial charge on any atom is -0.399 e. The summed E-state index contributed by atoms with van der Waals surface area (Å²) in [7, 11) is 1.55. The summed E-state index contributed by atoms with van der Waals surface area (Å²) in [6.07, 6.45) is 0. The number of rotatable bonds is 4. The van der Waals surface area contributed by atoms with Crippen LogP contribution < -0.4 is 11.1 Å². The first-order valence-electron chi connectivity index (χ1n) is 6.30. The number of amides is 2. The normalized spacial score (nSPS) is 10.2. The van der Waals surface area contributed by atoms with Gasteiger partial charge in [-0.05, 0) is 31.2 Å². The molecule has 0 fully saturated rings. The molecule has 1 heterocycles. The maximum Gasteiger partial charge on any atom is 0.254 e. The number of anilines is 2. The van der Waals surface area contributed by atoms with Crippen molar-refractivity contribution in [2.75, 3.05) is 24.6 Å². The van der Waals surface area contributed by atoms with Gasteiger partial charge in [-0.2, -0.15) is 0 Å². The van der Waals surface area contributed by atoms with Crippen LogP contribution in [0.5, 0.6) is 0 Å². The summed E-state index contributed by atoms with van der Waals surface area (Å²) in [5, 5.41) is 6.20. The second kappa shape index (κ2) is 6.08. The third-order valence-corrected chi connectivity index (χ3v) is 2.78. The van der Waals surface area contributed by atoms with Crippen LogP contribution in [-0.2, 0) is 4.79 Å². The first kappa shape index (κ1) is 14.6. The molecule has 21 heavy (non-hydrogen) atoms. The quantitative estimate of drug-likeness (QED) is 0.825. The topological polar surface area (TPSA) is 101 Å². The van der Waals surface area contributed by atoms with Gasteiger partial charge in [-0.15, -0.1) is 0 Å². The number of hydrogen-bond acceptors (Lipinski definition) is 5. The Kier molecular flexibility index (Phi) is 4.22. The van der Waals surface area contributed by atoms with Crippen LogP contribution in [0.4, 0.5) is 11.5 Å². The molecule has 110 valence electrons. The Morgan fingerprint density at radius 2 is 2.00 bits per heavy atom. The average Bonchev–Trinajstić information content (AvgIpc) is 2.83. The zero-order chi connectivity index (χ0) is 15.4. The number of likely N-dealkylation sites (N-methyl/N-ethyl adjacent to an activating group) is 1. The molecule has 2 rings (SSSR count). The maximum atomic E-state index is 12.1. The molecule has 1 aromatic carbocycles. The number of nitrogens with two attached hydrogens (primary N) is 1. The van der Waals surface area contributed by atoms with Gasteiger partial charge in [0.15, 0.2) is 5.82 Å². The van der Waals surface area contributed by atoms with Crippen LogP contribution in [0, 0.1) is 6.92 Å². The Balaban J connectivity index is 1.94. The van der Waals surface area contributed by atoms with E-state index in [1.807, 2.05) is 0 Å². The maximum absolute atomic E-state index is 12.1. The fraction of sp³-hybridized carbons (Fsp3) is 0.214. The third-order valence-electron chi connectivity index (χ3n) is 2.78. The van der Waals surface area contributed by atoms with Crippen LogP contribution in [0.2, 0.25) is 0 Å². The number of nitrogens with zero attached hydrogens (tertiary/aromatic N) is 2. The minimum atomic E-state index is -0.352. The van der Waals surface area contributed by atoms with E-state index in [0.29, 0.717) is 22.8 Å². The Hall–Kier alpha value is -2.83. The van der Waals surface area contributed by atoms with Crippen molar-refractivity contribution in [2.45, 2.75) is 6.92 Å². The van der Waals surface area contributed by atoms with Crippen LogP contribution in [-0.4, -0.2) is 35.5 Å². The van der Waals surface area contributed by atoms with E-state index in [4.69, 9.17) is 10.3 Å². The van der Waals surface area contributed by atoms with Gasteiger partial charge < -0.3 is 20.5 Å². The van der Waals surface area contributed by atoms with E-state index in [2.05, 4.69) is 10.5 Å². The number of nitrogen functional groups attached to an aromatic ring is 1. The van der Waals surface area contributed by atoms with E-state index in [1.54, 1.807) is 44.3 Å². The fourth-order valence-electron chi connectivity index (χ4n) is 1.74. The first-order chi connectivity index (χ1) is 9.95. The van der Waals surface area contributed by atoms with Crippen molar-refractivity contribution >= 4 is 23.3 Å². The molecule has 7 heteroatoms. The smallest absolute Gasteiger partial charge is 0.254 e. The summed E-state index contributed by atoms with van der Waals surface area (Å²) >= 11 is 0. The Labute approximate surface area is 121 Å². The van der Waals surface area contributed by atoms with Crippen molar-refractivity contribution < 1.29 is 14.1 Å². The Morgan fingerprint density at radius 3 is 2.57 bits per heavy atom. The molecule has 0 bridgehead atoms. The summed E-state index contributed by atoms with van der Waals surface area (Å²) in [6, 6.07) is 8.11. The van der Waals surface area contributed by atoms with Crippen LogP contribution in [0.3, 0.4) is 0 Å². The highest BCUT2D eigenvalue weighted by Crippen LogP contribution is 2.09. The van der Waals surface area contributed by atoms with Crippen molar-refractivity contribution in [3.63, 3.8) is 0 Å². The van der Waals surface area contributed by atoms with Crippen molar-refractivity contribution in [3.8, 4) is 0 Å². The number of hydrogen-bond donors (Lipinski definition) is 2. The number of benzene rings is 1. The summed E-state index contributed by atoms with van der Waals surface area (Å²) in [5.74, 6) is 0.304. The summed E-state index contributed by atoms with van der Waals surface area (Å²) < 4.78 is 4.84. The van der Waals surface area contributed by atoms with Gasteiger partial charge in [0.05, 0.1) is 6.54 Å². The van der Waals surface area contributed by atoms with Crippen molar-refractivity contribution in [1.82, 2.24) is 10.1 Å². The van der Waals surface area contributed by atoms with Gasteiger partial charge in [-0.3, -0.25) is 9.59 Å². The van der Waals surface area contributed by atoms with Gasteiger partial charge in [0.1, 0.15) is 5.76 Å². The summed E-state index contributed by atoms with van der Waals surface area (Å²) in [6.45, 7) is 1.63. The Morgan fingerprint density at radius 1 is 1.33 bits per heavy atom. The van der Waals surface area contributed by atoms with Gasteiger partial charge in [0.25, 0.3) is 5.91 Å². The molecule has 0 atom stereocenters. The van der Waals surface area contributed by atoms with Crippen molar-refractivity contribution in [3.05, 3.63) is 41.7 Å². The molecule has 0 unspecified atom stereocenters. The van der Waals surface area contributed by atoms with Crippen LogP contribution >= 0.6 is 0 Å². The molecular formula is C14H16N4O3. The van der Waals surface area contributed by atoms with Crippen LogP contribution in [0.15, 0.2) is 34.9 Å². The number of aromatic nitrogens is 1. The SMILES string of the molecule is Cc1cc(NC(=O)CN(C)C(=O)c2ccc(N)cc2)no1. The predicted molar refractivity (Wildman–Crippen MR) is 77.7 cm³/mol. The lowest BCUT2D eigenvalue weighted by atomic mass is 10.2. The number of carbonyl (C=O) groups excluding carboxylic acids is 2. The van der Waals surface area contributed by atoms with E-state index in [1.165, 1.54) is 4.90 Å².